The Morgan fingerprint density at radius 3 is 2.76 bits per heavy atom. The summed E-state index contributed by atoms with van der Waals surface area (Å²) in [5, 5.41) is 14.5. The van der Waals surface area contributed by atoms with E-state index in [4.69, 9.17) is 16.3 Å². The predicted octanol–water partition coefficient (Wildman–Crippen LogP) is 5.12. The number of halogens is 1. The number of benzene rings is 2. The van der Waals surface area contributed by atoms with E-state index in [2.05, 4.69) is 51.4 Å². The number of rotatable bonds is 9. The molecule has 0 bridgehead atoms. The van der Waals surface area contributed by atoms with Crippen molar-refractivity contribution in [2.45, 2.75) is 71.8 Å². The maximum atomic E-state index is 13.2. The van der Waals surface area contributed by atoms with Gasteiger partial charge in [0.25, 0.3) is 5.56 Å². The highest BCUT2D eigenvalue weighted by atomic mass is 35.5. The van der Waals surface area contributed by atoms with E-state index in [1.54, 1.807) is 0 Å². The van der Waals surface area contributed by atoms with Gasteiger partial charge in [-0.25, -0.2) is 4.68 Å². The fourth-order valence-corrected chi connectivity index (χ4v) is 5.55. The van der Waals surface area contributed by atoms with E-state index in [1.807, 2.05) is 41.9 Å². The Labute approximate surface area is 221 Å². The molecule has 1 fully saturated rings. The van der Waals surface area contributed by atoms with Crippen molar-refractivity contribution >= 4 is 22.5 Å². The second kappa shape index (κ2) is 11.1. The normalized spacial score (nSPS) is 16.6. The van der Waals surface area contributed by atoms with Gasteiger partial charge in [0.15, 0.2) is 5.82 Å². The highest BCUT2D eigenvalue weighted by Crippen LogP contribution is 2.29. The number of aromatic amines is 1. The molecule has 0 saturated carbocycles. The summed E-state index contributed by atoms with van der Waals surface area (Å²) in [5.74, 6) is 0.772. The van der Waals surface area contributed by atoms with Crippen molar-refractivity contribution in [2.24, 2.45) is 0 Å². The second-order valence-electron chi connectivity index (χ2n) is 9.94. The topological polar surface area (TPSA) is 88.9 Å². The lowest BCUT2D eigenvalue weighted by Crippen LogP contribution is -2.33. The molecule has 5 rings (SSSR count). The van der Waals surface area contributed by atoms with Gasteiger partial charge in [-0.3, -0.25) is 9.69 Å². The highest BCUT2D eigenvalue weighted by Gasteiger charge is 2.28. The van der Waals surface area contributed by atoms with Gasteiger partial charge in [-0.2, -0.15) is 0 Å². The van der Waals surface area contributed by atoms with Crippen molar-refractivity contribution in [3.8, 4) is 0 Å². The number of hydrogen-bond acceptors (Lipinski definition) is 6. The lowest BCUT2D eigenvalue weighted by atomic mass is 10.0. The SMILES string of the molecule is CC[C@@H](c1nnnn1C[C@H]1CCCO1)N(Cc1ccccc1Cl)Cc1cc2cc(C)cc(C)c2[nH]c1=O. The largest absolute Gasteiger partial charge is 0.376 e. The lowest BCUT2D eigenvalue weighted by molar-refractivity contribution is 0.0888. The number of ether oxygens (including phenoxy) is 1. The van der Waals surface area contributed by atoms with Crippen LogP contribution >= 0.6 is 11.6 Å². The average molecular weight is 521 g/mol. The van der Waals surface area contributed by atoms with Crippen LogP contribution in [0, 0.1) is 13.8 Å². The van der Waals surface area contributed by atoms with Crippen molar-refractivity contribution in [3.05, 3.63) is 85.9 Å². The van der Waals surface area contributed by atoms with Crippen LogP contribution in [0.3, 0.4) is 0 Å². The van der Waals surface area contributed by atoms with E-state index in [9.17, 15) is 4.79 Å². The van der Waals surface area contributed by atoms with E-state index < -0.39 is 0 Å². The molecule has 1 aliphatic heterocycles. The van der Waals surface area contributed by atoms with Crippen LogP contribution in [0.4, 0.5) is 0 Å². The molecule has 2 aromatic carbocycles. The first kappa shape index (κ1) is 25.6. The molecule has 0 spiro atoms. The standard InChI is InChI=1S/C28H33ClN6O2/c1-4-25(27-31-32-33-35(27)17-23-9-7-11-37-23)34(15-20-8-5-6-10-24(20)29)16-22-14-21-13-18(2)12-19(3)26(21)30-28(22)36/h5-6,8,10,12-14,23,25H,4,7,9,11,15-17H2,1-3H3,(H,30,36)/t23-,25+/m1/s1. The van der Waals surface area contributed by atoms with Crippen molar-refractivity contribution in [1.29, 1.82) is 0 Å². The summed E-state index contributed by atoms with van der Waals surface area (Å²) in [6, 6.07) is 13.9. The lowest BCUT2D eigenvalue weighted by Gasteiger charge is -2.31. The third kappa shape index (κ3) is 5.61. The molecule has 1 N–H and O–H groups in total. The molecule has 194 valence electrons. The highest BCUT2D eigenvalue weighted by molar-refractivity contribution is 6.31. The van der Waals surface area contributed by atoms with Crippen LogP contribution in [0.5, 0.6) is 0 Å². The van der Waals surface area contributed by atoms with Gasteiger partial charge < -0.3 is 9.72 Å². The van der Waals surface area contributed by atoms with Crippen molar-refractivity contribution in [2.75, 3.05) is 6.61 Å². The first-order chi connectivity index (χ1) is 17.9. The zero-order valence-electron chi connectivity index (χ0n) is 21.6. The van der Waals surface area contributed by atoms with Gasteiger partial charge in [-0.1, -0.05) is 48.4 Å². The van der Waals surface area contributed by atoms with Crippen LogP contribution in [0.25, 0.3) is 10.9 Å². The molecule has 9 heteroatoms. The van der Waals surface area contributed by atoms with E-state index in [0.29, 0.717) is 30.2 Å². The quantitative estimate of drug-likeness (QED) is 0.329. The number of nitrogens with zero attached hydrogens (tertiary/aromatic N) is 5. The predicted molar refractivity (Wildman–Crippen MR) is 145 cm³/mol. The van der Waals surface area contributed by atoms with Gasteiger partial charge in [-0.05, 0) is 78.2 Å². The molecule has 0 unspecified atom stereocenters. The smallest absolute Gasteiger partial charge is 0.252 e. The fourth-order valence-electron chi connectivity index (χ4n) is 5.36. The van der Waals surface area contributed by atoms with E-state index in [1.165, 1.54) is 0 Å². The molecule has 0 radical (unpaired) electrons. The molecular weight excluding hydrogens is 488 g/mol. The Bertz CT molecular complexity index is 1440. The zero-order valence-corrected chi connectivity index (χ0v) is 22.3. The Hall–Kier alpha value is -3.07. The van der Waals surface area contributed by atoms with Gasteiger partial charge in [-0.15, -0.1) is 5.10 Å². The van der Waals surface area contributed by atoms with Crippen LogP contribution in [0.15, 0.2) is 47.3 Å². The van der Waals surface area contributed by atoms with E-state index in [0.717, 1.165) is 59.3 Å². The summed E-state index contributed by atoms with van der Waals surface area (Å²) in [4.78, 5) is 18.6. The number of tetrazole rings is 1. The molecule has 2 aromatic heterocycles. The number of fused-ring (bicyclic) bond motifs is 1. The molecule has 0 aliphatic carbocycles. The first-order valence-corrected chi connectivity index (χ1v) is 13.3. The molecule has 4 aromatic rings. The molecule has 37 heavy (non-hydrogen) atoms. The van der Waals surface area contributed by atoms with E-state index in [-0.39, 0.29) is 17.7 Å². The number of aromatic nitrogens is 5. The molecule has 1 saturated heterocycles. The van der Waals surface area contributed by atoms with Gasteiger partial charge in [0, 0.05) is 30.3 Å². The number of nitrogens with one attached hydrogen (secondary N) is 1. The molecule has 0 amide bonds. The van der Waals surface area contributed by atoms with Crippen LogP contribution in [-0.4, -0.2) is 42.8 Å². The molecule has 3 heterocycles. The fraction of sp³-hybridized carbons (Fsp3) is 0.429. The van der Waals surface area contributed by atoms with Gasteiger partial charge in [0.2, 0.25) is 0 Å². The van der Waals surface area contributed by atoms with Crippen LogP contribution in [0.1, 0.15) is 60.3 Å². The summed E-state index contributed by atoms with van der Waals surface area (Å²) in [7, 11) is 0. The molecular formula is C28H33ClN6O2. The minimum atomic E-state index is -0.123. The summed E-state index contributed by atoms with van der Waals surface area (Å²) < 4.78 is 7.71. The Balaban J connectivity index is 1.53. The monoisotopic (exact) mass is 520 g/mol. The Morgan fingerprint density at radius 1 is 1.19 bits per heavy atom. The number of aryl methyl sites for hydroxylation is 2. The maximum Gasteiger partial charge on any atom is 0.252 e. The van der Waals surface area contributed by atoms with Gasteiger partial charge in [0.05, 0.1) is 24.2 Å². The molecule has 8 nitrogen and oxygen atoms in total. The summed E-state index contributed by atoms with van der Waals surface area (Å²) in [6.45, 7) is 8.59. The summed E-state index contributed by atoms with van der Waals surface area (Å²) in [6.07, 6.45) is 2.94. The van der Waals surface area contributed by atoms with Crippen molar-refractivity contribution in [3.63, 3.8) is 0 Å². The van der Waals surface area contributed by atoms with Crippen LogP contribution in [0.2, 0.25) is 5.02 Å². The van der Waals surface area contributed by atoms with Crippen molar-refractivity contribution in [1.82, 2.24) is 30.1 Å². The first-order valence-electron chi connectivity index (χ1n) is 12.9. The molecule has 1 aliphatic rings. The Kier molecular flexibility index (Phi) is 7.69. The van der Waals surface area contributed by atoms with Gasteiger partial charge >= 0.3 is 0 Å². The third-order valence-electron chi connectivity index (χ3n) is 7.16. The minimum Gasteiger partial charge on any atom is -0.376 e. The van der Waals surface area contributed by atoms with Gasteiger partial charge in [0.1, 0.15) is 0 Å². The Morgan fingerprint density at radius 2 is 2.00 bits per heavy atom. The second-order valence-corrected chi connectivity index (χ2v) is 10.4. The summed E-state index contributed by atoms with van der Waals surface area (Å²) >= 11 is 6.58. The minimum absolute atomic E-state index is 0.0857. The molecule has 2 atom stereocenters. The number of H-pyrrole nitrogens is 1. The third-order valence-corrected chi connectivity index (χ3v) is 7.53. The van der Waals surface area contributed by atoms with Crippen molar-refractivity contribution < 1.29 is 4.74 Å². The van der Waals surface area contributed by atoms with Crippen LogP contribution < -0.4 is 5.56 Å². The zero-order chi connectivity index (χ0) is 25.9. The number of pyridine rings is 1. The summed E-state index contributed by atoms with van der Waals surface area (Å²) in [5.41, 5.74) is 4.70. The maximum absolute atomic E-state index is 13.2. The average Bonchev–Trinajstić information content (AvgIpc) is 3.55. The van der Waals surface area contributed by atoms with Crippen LogP contribution in [-0.2, 0) is 24.4 Å². The number of hydrogen-bond donors (Lipinski definition) is 1. The van der Waals surface area contributed by atoms with E-state index >= 15 is 0 Å².